The maximum absolute atomic E-state index is 12.2. The second-order valence-electron chi connectivity index (χ2n) is 6.01. The van der Waals surface area contributed by atoms with Crippen LogP contribution in [0.3, 0.4) is 0 Å². The molecule has 0 saturated carbocycles. The van der Waals surface area contributed by atoms with E-state index in [-0.39, 0.29) is 24.8 Å². The topological polar surface area (TPSA) is 70.6 Å². The molecule has 0 aliphatic carbocycles. The van der Waals surface area contributed by atoms with Crippen LogP contribution in [0.25, 0.3) is 0 Å². The number of ether oxygens (including phenoxy) is 1. The highest BCUT2D eigenvalue weighted by Crippen LogP contribution is 2.18. The zero-order valence-corrected chi connectivity index (χ0v) is 14.0. The van der Waals surface area contributed by atoms with Gasteiger partial charge < -0.3 is 20.5 Å². The minimum atomic E-state index is -0.400. The molecule has 2 amide bonds. The highest BCUT2D eigenvalue weighted by atomic mass is 16.5. The van der Waals surface area contributed by atoms with Gasteiger partial charge in [0.15, 0.2) is 0 Å². The first-order chi connectivity index (χ1) is 11.2. The number of hydrogen-bond donors (Lipinski definition) is 3. The van der Waals surface area contributed by atoms with Gasteiger partial charge in [-0.15, -0.1) is 0 Å². The lowest BCUT2D eigenvalue weighted by Gasteiger charge is -2.25. The smallest absolute Gasteiger partial charge is 0.315 e. The summed E-state index contributed by atoms with van der Waals surface area (Å²) in [7, 11) is 0. The second-order valence-corrected chi connectivity index (χ2v) is 6.01. The Bertz CT molecular complexity index is 484. The lowest BCUT2D eigenvalue weighted by molar-refractivity contribution is 0.0792. The predicted octanol–water partition coefficient (Wildman–Crippen LogP) is 2.54. The minimum Gasteiger partial charge on any atom is -0.394 e. The molecule has 0 spiro atoms. The fourth-order valence-corrected chi connectivity index (χ4v) is 2.97. The molecule has 1 aliphatic heterocycles. The van der Waals surface area contributed by atoms with Crippen LogP contribution in [0, 0.1) is 0 Å². The van der Waals surface area contributed by atoms with Crippen LogP contribution < -0.4 is 10.6 Å². The van der Waals surface area contributed by atoms with E-state index in [0.29, 0.717) is 0 Å². The standard InChI is InChI=1S/C18H28N2O3/c1-3-13-7-9-14(10-8-13)16(12-21)20-18(22)19-15(4-2)17-6-5-11-23-17/h7-10,15-17,21H,3-6,11-12H2,1-2H3,(H2,19,20,22). The van der Waals surface area contributed by atoms with Crippen molar-refractivity contribution in [1.82, 2.24) is 10.6 Å². The Morgan fingerprint density at radius 2 is 2.04 bits per heavy atom. The third-order valence-electron chi connectivity index (χ3n) is 4.45. The fraction of sp³-hybridized carbons (Fsp3) is 0.611. The van der Waals surface area contributed by atoms with E-state index in [1.54, 1.807) is 0 Å². The molecular formula is C18H28N2O3. The number of carbonyl (C=O) groups is 1. The van der Waals surface area contributed by atoms with Gasteiger partial charge in [-0.1, -0.05) is 38.1 Å². The predicted molar refractivity (Wildman–Crippen MR) is 90.4 cm³/mol. The summed E-state index contributed by atoms with van der Waals surface area (Å²) in [6.45, 7) is 4.78. The van der Waals surface area contributed by atoms with Crippen molar-refractivity contribution < 1.29 is 14.6 Å². The average Bonchev–Trinajstić information content (AvgIpc) is 3.12. The van der Waals surface area contributed by atoms with Crippen molar-refractivity contribution in [1.29, 1.82) is 0 Å². The van der Waals surface area contributed by atoms with E-state index in [1.807, 2.05) is 31.2 Å². The molecule has 1 aromatic rings. The minimum absolute atomic E-state index is 0.0133. The molecule has 5 nitrogen and oxygen atoms in total. The molecule has 3 N–H and O–H groups in total. The van der Waals surface area contributed by atoms with Crippen molar-refractivity contribution in [2.24, 2.45) is 0 Å². The van der Waals surface area contributed by atoms with Gasteiger partial charge in [0.25, 0.3) is 0 Å². The monoisotopic (exact) mass is 320 g/mol. The summed E-state index contributed by atoms with van der Waals surface area (Å²) >= 11 is 0. The number of benzene rings is 1. The summed E-state index contributed by atoms with van der Waals surface area (Å²) in [6, 6.07) is 7.32. The van der Waals surface area contributed by atoms with Crippen molar-refractivity contribution in [3.63, 3.8) is 0 Å². The van der Waals surface area contributed by atoms with Crippen molar-refractivity contribution in [3.05, 3.63) is 35.4 Å². The third kappa shape index (κ3) is 4.94. The van der Waals surface area contributed by atoms with Crippen LogP contribution >= 0.6 is 0 Å². The molecule has 0 bridgehead atoms. The number of amides is 2. The molecule has 1 fully saturated rings. The van der Waals surface area contributed by atoms with Gasteiger partial charge >= 0.3 is 6.03 Å². The van der Waals surface area contributed by atoms with Crippen LogP contribution in [0.2, 0.25) is 0 Å². The van der Waals surface area contributed by atoms with Crippen LogP contribution in [-0.2, 0) is 11.2 Å². The third-order valence-corrected chi connectivity index (χ3v) is 4.45. The summed E-state index contributed by atoms with van der Waals surface area (Å²) in [4.78, 5) is 12.2. The van der Waals surface area contributed by atoms with Crippen molar-refractivity contribution in [3.8, 4) is 0 Å². The van der Waals surface area contributed by atoms with E-state index in [9.17, 15) is 9.90 Å². The molecule has 0 aromatic heterocycles. The quantitative estimate of drug-likeness (QED) is 0.723. The highest BCUT2D eigenvalue weighted by Gasteiger charge is 2.26. The van der Waals surface area contributed by atoms with Crippen LogP contribution in [-0.4, -0.2) is 36.5 Å². The molecule has 2 rings (SSSR count). The molecule has 0 radical (unpaired) electrons. The van der Waals surface area contributed by atoms with Crippen LogP contribution in [0.15, 0.2) is 24.3 Å². The summed E-state index contributed by atoms with van der Waals surface area (Å²) in [6.07, 6.45) is 3.93. The van der Waals surface area contributed by atoms with Gasteiger partial charge in [0.2, 0.25) is 0 Å². The Morgan fingerprint density at radius 1 is 1.30 bits per heavy atom. The molecule has 1 aliphatic rings. The molecule has 5 heteroatoms. The first-order valence-corrected chi connectivity index (χ1v) is 8.56. The largest absolute Gasteiger partial charge is 0.394 e. The number of hydrogen-bond acceptors (Lipinski definition) is 3. The maximum atomic E-state index is 12.2. The number of nitrogens with one attached hydrogen (secondary N) is 2. The summed E-state index contributed by atoms with van der Waals surface area (Å²) < 4.78 is 5.66. The van der Waals surface area contributed by atoms with Crippen LogP contribution in [0.1, 0.15) is 50.3 Å². The fourth-order valence-electron chi connectivity index (χ4n) is 2.97. The molecule has 128 valence electrons. The van der Waals surface area contributed by atoms with Gasteiger partial charge in [0, 0.05) is 6.61 Å². The molecule has 1 aromatic carbocycles. The highest BCUT2D eigenvalue weighted by molar-refractivity contribution is 5.74. The SMILES string of the molecule is CCc1ccc(C(CO)NC(=O)NC(CC)C2CCCO2)cc1. The number of aliphatic hydroxyl groups excluding tert-OH is 1. The summed E-state index contributed by atoms with van der Waals surface area (Å²) in [5, 5.41) is 15.4. The number of carbonyl (C=O) groups excluding carboxylic acids is 1. The van der Waals surface area contributed by atoms with E-state index in [2.05, 4.69) is 17.6 Å². The molecule has 23 heavy (non-hydrogen) atoms. The Balaban J connectivity index is 1.92. The number of urea groups is 1. The normalized spacial score (nSPS) is 20.0. The van der Waals surface area contributed by atoms with E-state index in [0.717, 1.165) is 37.9 Å². The number of rotatable bonds is 7. The van der Waals surface area contributed by atoms with Gasteiger partial charge in [0.05, 0.1) is 24.8 Å². The van der Waals surface area contributed by atoms with E-state index >= 15 is 0 Å². The Labute approximate surface area is 138 Å². The van der Waals surface area contributed by atoms with Gasteiger partial charge in [-0.25, -0.2) is 4.79 Å². The van der Waals surface area contributed by atoms with E-state index in [4.69, 9.17) is 4.74 Å². The van der Waals surface area contributed by atoms with E-state index in [1.165, 1.54) is 5.56 Å². The molecule has 3 atom stereocenters. The Kier molecular flexibility index (Phi) is 6.86. The van der Waals surface area contributed by atoms with Crippen molar-refractivity contribution >= 4 is 6.03 Å². The lowest BCUT2D eigenvalue weighted by Crippen LogP contribution is -2.48. The van der Waals surface area contributed by atoms with Gasteiger partial charge in [-0.05, 0) is 36.8 Å². The zero-order valence-electron chi connectivity index (χ0n) is 14.0. The van der Waals surface area contributed by atoms with Crippen LogP contribution in [0.4, 0.5) is 4.79 Å². The summed E-state index contributed by atoms with van der Waals surface area (Å²) in [5.74, 6) is 0. The first-order valence-electron chi connectivity index (χ1n) is 8.56. The Hall–Kier alpha value is -1.59. The molecule has 1 saturated heterocycles. The second kappa shape index (κ2) is 8.89. The lowest BCUT2D eigenvalue weighted by atomic mass is 10.0. The van der Waals surface area contributed by atoms with E-state index < -0.39 is 6.04 Å². The van der Waals surface area contributed by atoms with Gasteiger partial charge in [0.1, 0.15) is 0 Å². The Morgan fingerprint density at radius 3 is 2.57 bits per heavy atom. The average molecular weight is 320 g/mol. The van der Waals surface area contributed by atoms with Crippen molar-refractivity contribution in [2.75, 3.05) is 13.2 Å². The number of aliphatic hydroxyl groups is 1. The molecular weight excluding hydrogens is 292 g/mol. The van der Waals surface area contributed by atoms with Crippen molar-refractivity contribution in [2.45, 2.75) is 57.7 Å². The van der Waals surface area contributed by atoms with Gasteiger partial charge in [-0.2, -0.15) is 0 Å². The maximum Gasteiger partial charge on any atom is 0.315 e. The zero-order chi connectivity index (χ0) is 16.7. The first kappa shape index (κ1) is 17.8. The summed E-state index contributed by atoms with van der Waals surface area (Å²) in [5.41, 5.74) is 2.14. The number of aryl methyl sites for hydroxylation is 1. The molecule has 3 unspecified atom stereocenters. The van der Waals surface area contributed by atoms with Gasteiger partial charge in [-0.3, -0.25) is 0 Å². The molecule has 1 heterocycles. The van der Waals surface area contributed by atoms with Crippen LogP contribution in [0.5, 0.6) is 0 Å².